The SMILES string of the molecule is CC(=O)N[C@H]1[C@@H](O[C@H]2[C@@H](O)[C@@H](CO)O[C@@H](O[C@H]3[C@@H](O)[C@@H](CO)O[C@H](O[C@@H]4[C@H](O)[C@@H](O)[C@H](O[C@H]5[C@H](O)[C@@H](O)[C@H](O)O[C@@H]5CO)O[C@@H]4CO)[C@@H]3O)[C@@H]2NC(C)=O)O[C@H](CO)[C@@H](O)[C@@H]1O. The Kier molecular flexibility index (Phi) is 18.1. The van der Waals surface area contributed by atoms with Crippen molar-refractivity contribution in [3.63, 3.8) is 0 Å². The molecule has 0 spiro atoms. The van der Waals surface area contributed by atoms with Gasteiger partial charge in [0.15, 0.2) is 31.5 Å². The van der Waals surface area contributed by atoms with Gasteiger partial charge in [-0.15, -0.1) is 0 Å². The highest BCUT2D eigenvalue weighted by Crippen LogP contribution is 2.36. The van der Waals surface area contributed by atoms with Gasteiger partial charge in [0.1, 0.15) is 122 Å². The van der Waals surface area contributed by atoms with Gasteiger partial charge in [-0.2, -0.15) is 0 Å². The van der Waals surface area contributed by atoms with Crippen LogP contribution in [0.4, 0.5) is 0 Å². The van der Waals surface area contributed by atoms with Crippen LogP contribution in [-0.4, -0.2) is 275 Å². The Bertz CT molecular complexity index is 1440. The first kappa shape index (κ1) is 51.0. The van der Waals surface area contributed by atoms with Crippen molar-refractivity contribution in [3.8, 4) is 0 Å². The normalized spacial score (nSPS) is 49.0. The number of aliphatic hydroxyl groups is 15. The van der Waals surface area contributed by atoms with Gasteiger partial charge >= 0.3 is 0 Å². The zero-order valence-electron chi connectivity index (χ0n) is 33.2. The molecule has 5 heterocycles. The first-order valence-electron chi connectivity index (χ1n) is 19.6. The van der Waals surface area contributed by atoms with E-state index in [0.717, 1.165) is 13.8 Å². The van der Waals surface area contributed by atoms with E-state index in [1.807, 2.05) is 0 Å². The minimum Gasteiger partial charge on any atom is -0.394 e. The fourth-order valence-electron chi connectivity index (χ4n) is 7.83. The van der Waals surface area contributed by atoms with E-state index >= 15 is 0 Å². The summed E-state index contributed by atoms with van der Waals surface area (Å²) in [7, 11) is 0. The number of ether oxygens (including phenoxy) is 9. The summed E-state index contributed by atoms with van der Waals surface area (Å²) < 4.78 is 50.8. The Hall–Kier alpha value is -2.02. The predicted octanol–water partition coefficient (Wildman–Crippen LogP) is -11.6. The van der Waals surface area contributed by atoms with Crippen molar-refractivity contribution in [1.29, 1.82) is 0 Å². The molecular weight excluding hydrogens is 852 g/mol. The van der Waals surface area contributed by atoms with E-state index in [-0.39, 0.29) is 0 Å². The van der Waals surface area contributed by atoms with Gasteiger partial charge in [-0.3, -0.25) is 9.59 Å². The summed E-state index contributed by atoms with van der Waals surface area (Å²) in [6.07, 6.45) is -42.3. The van der Waals surface area contributed by atoms with Gasteiger partial charge in [-0.25, -0.2) is 0 Å². The molecule has 0 bridgehead atoms. The summed E-state index contributed by atoms with van der Waals surface area (Å²) in [5, 5.41) is 163. The number of amides is 2. The monoisotopic (exact) mass is 910 g/mol. The molecule has 5 aliphatic rings. The zero-order valence-corrected chi connectivity index (χ0v) is 33.2. The minimum atomic E-state index is -2.16. The summed E-state index contributed by atoms with van der Waals surface area (Å²) >= 11 is 0. The fraction of sp³-hybridized carbons (Fsp3) is 0.941. The second-order valence-electron chi connectivity index (χ2n) is 15.4. The second-order valence-corrected chi connectivity index (χ2v) is 15.4. The van der Waals surface area contributed by atoms with Gasteiger partial charge in [-0.1, -0.05) is 0 Å². The maximum absolute atomic E-state index is 12.6. The molecule has 0 aromatic carbocycles. The Morgan fingerprint density at radius 1 is 0.387 bits per heavy atom. The van der Waals surface area contributed by atoms with Gasteiger partial charge in [0, 0.05) is 13.8 Å². The Morgan fingerprint density at radius 3 is 1.27 bits per heavy atom. The van der Waals surface area contributed by atoms with E-state index in [0.29, 0.717) is 0 Å². The third kappa shape index (κ3) is 10.8. The molecule has 5 fully saturated rings. The van der Waals surface area contributed by atoms with Crippen LogP contribution in [0.5, 0.6) is 0 Å². The molecule has 62 heavy (non-hydrogen) atoms. The van der Waals surface area contributed by atoms with Crippen LogP contribution in [0.25, 0.3) is 0 Å². The highest BCUT2D eigenvalue weighted by Gasteiger charge is 2.57. The van der Waals surface area contributed by atoms with Crippen molar-refractivity contribution in [2.24, 2.45) is 0 Å². The van der Waals surface area contributed by atoms with Gasteiger partial charge in [0.05, 0.1) is 33.0 Å². The largest absolute Gasteiger partial charge is 0.394 e. The lowest BCUT2D eigenvalue weighted by Gasteiger charge is -2.50. The van der Waals surface area contributed by atoms with Crippen LogP contribution >= 0.6 is 0 Å². The smallest absolute Gasteiger partial charge is 0.217 e. The van der Waals surface area contributed by atoms with Crippen molar-refractivity contribution in [1.82, 2.24) is 10.6 Å². The molecule has 2 amide bonds. The van der Waals surface area contributed by atoms with Crippen LogP contribution < -0.4 is 10.6 Å². The second kappa shape index (κ2) is 22.0. The highest BCUT2D eigenvalue weighted by molar-refractivity contribution is 5.73. The molecular formula is C34H58N2O26. The summed E-state index contributed by atoms with van der Waals surface area (Å²) in [5.74, 6) is -1.54. The molecule has 5 saturated heterocycles. The van der Waals surface area contributed by atoms with Gasteiger partial charge < -0.3 is 130 Å². The van der Waals surface area contributed by atoms with E-state index in [9.17, 15) is 86.2 Å². The average Bonchev–Trinajstić information content (AvgIpc) is 3.23. The average molecular weight is 911 g/mol. The lowest BCUT2D eigenvalue weighted by atomic mass is 9.93. The van der Waals surface area contributed by atoms with Crippen molar-refractivity contribution in [2.45, 2.75) is 167 Å². The van der Waals surface area contributed by atoms with Crippen molar-refractivity contribution < 1.29 is 129 Å². The molecule has 360 valence electrons. The molecule has 0 aliphatic carbocycles. The maximum atomic E-state index is 12.6. The topological polar surface area (TPSA) is 445 Å². The van der Waals surface area contributed by atoms with E-state index in [4.69, 9.17) is 42.6 Å². The minimum absolute atomic E-state index is 0.730. The molecule has 0 aromatic rings. The van der Waals surface area contributed by atoms with Gasteiger partial charge in [0.2, 0.25) is 11.8 Å². The molecule has 0 radical (unpaired) electrons. The summed E-state index contributed by atoms with van der Waals surface area (Å²) in [6.45, 7) is -2.53. The fourth-order valence-corrected chi connectivity index (χ4v) is 7.83. The maximum Gasteiger partial charge on any atom is 0.217 e. The number of carbonyl (C=O) groups excluding carboxylic acids is 2. The van der Waals surface area contributed by atoms with Gasteiger partial charge in [-0.05, 0) is 0 Å². The summed E-state index contributed by atoms with van der Waals surface area (Å²) in [4.78, 5) is 24.6. The Labute approximate surface area is 351 Å². The van der Waals surface area contributed by atoms with Gasteiger partial charge in [0.25, 0.3) is 0 Å². The van der Waals surface area contributed by atoms with E-state index < -0.39 is 198 Å². The molecule has 28 nitrogen and oxygen atoms in total. The number of rotatable bonds is 15. The predicted molar refractivity (Wildman–Crippen MR) is 190 cm³/mol. The number of carbonyl (C=O) groups is 2. The third-order valence-corrected chi connectivity index (χ3v) is 11.1. The molecule has 0 aromatic heterocycles. The van der Waals surface area contributed by atoms with E-state index in [2.05, 4.69) is 10.6 Å². The standard InChI is InChI=1S/C34H58N2O26/c1-8(42)35-15-20(47)17(44)10(3-37)55-31(15)61-28-16(36-9(2)43)32(56-11(4-38)18(28)45)62-29-19(46)12(5-39)57-34(25(29)52)60-27-14(7-41)58-33(24(51)22(27)49)59-26-13(6-40)54-30(53)23(50)21(26)48/h10-34,37-41,44-53H,3-7H2,1-2H3,(H,35,42)(H,36,43)/t10-,11-,12-,13-,14-,15-,16-,17-,18+,19+,20-,21-,22-,23-,24-,25-,26-,27+,28-,29+,30-,31-,32+,33+,34-/m1/s1. The highest BCUT2D eigenvalue weighted by atomic mass is 16.8. The van der Waals surface area contributed by atoms with Crippen LogP contribution in [-0.2, 0) is 52.2 Å². The van der Waals surface area contributed by atoms with Crippen LogP contribution in [0.3, 0.4) is 0 Å². The van der Waals surface area contributed by atoms with E-state index in [1.165, 1.54) is 0 Å². The van der Waals surface area contributed by atoms with Crippen LogP contribution in [0.1, 0.15) is 13.8 Å². The van der Waals surface area contributed by atoms with Crippen LogP contribution in [0.2, 0.25) is 0 Å². The molecule has 25 atom stereocenters. The first-order valence-corrected chi connectivity index (χ1v) is 19.6. The van der Waals surface area contributed by atoms with Crippen LogP contribution in [0, 0.1) is 0 Å². The molecule has 5 aliphatic heterocycles. The van der Waals surface area contributed by atoms with Crippen molar-refractivity contribution in [3.05, 3.63) is 0 Å². The first-order chi connectivity index (χ1) is 29.3. The van der Waals surface area contributed by atoms with E-state index in [1.54, 1.807) is 0 Å². The third-order valence-electron chi connectivity index (χ3n) is 11.1. The molecule has 5 rings (SSSR count). The lowest BCUT2D eigenvalue weighted by molar-refractivity contribution is -0.387. The number of nitrogens with one attached hydrogen (secondary N) is 2. The quantitative estimate of drug-likeness (QED) is 0.0725. The molecule has 17 N–H and O–H groups in total. The lowest BCUT2D eigenvalue weighted by Crippen LogP contribution is -2.71. The molecule has 28 heteroatoms. The summed E-state index contributed by atoms with van der Waals surface area (Å²) in [6, 6.07) is -3.23. The summed E-state index contributed by atoms with van der Waals surface area (Å²) in [5.41, 5.74) is 0. The molecule has 0 unspecified atom stereocenters. The number of hydrogen-bond acceptors (Lipinski definition) is 26. The number of aliphatic hydroxyl groups excluding tert-OH is 15. The van der Waals surface area contributed by atoms with Crippen molar-refractivity contribution in [2.75, 3.05) is 33.0 Å². The number of hydrogen-bond donors (Lipinski definition) is 17. The Balaban J connectivity index is 1.38. The van der Waals surface area contributed by atoms with Crippen LogP contribution in [0.15, 0.2) is 0 Å². The molecule has 0 saturated carbocycles. The van der Waals surface area contributed by atoms with Crippen molar-refractivity contribution >= 4 is 11.8 Å². The Morgan fingerprint density at radius 2 is 0.758 bits per heavy atom. The zero-order chi connectivity index (χ0) is 45.9.